The van der Waals surface area contributed by atoms with Gasteiger partial charge in [0.05, 0.1) is 19.8 Å². The number of aliphatic carboxylic acids is 1. The normalized spacial score (nSPS) is 14.3. The van der Waals surface area contributed by atoms with Crippen LogP contribution in [0, 0.1) is 0 Å². The van der Waals surface area contributed by atoms with Gasteiger partial charge in [-0.3, -0.25) is 9.36 Å². The molecule has 0 spiro atoms. The topological polar surface area (TPSA) is 103 Å². The van der Waals surface area contributed by atoms with E-state index in [0.717, 1.165) is 12.8 Å². The van der Waals surface area contributed by atoms with Crippen molar-refractivity contribution in [3.05, 3.63) is 0 Å². The first-order valence-corrected chi connectivity index (χ1v) is 14.8. The third-order valence-corrected chi connectivity index (χ3v) is 6.53. The Morgan fingerprint density at radius 3 is 2.06 bits per heavy atom. The molecule has 9 heteroatoms. The molecule has 2 unspecified atom stereocenters. The number of rotatable bonds is 26. The van der Waals surface area contributed by atoms with Gasteiger partial charge in [-0.15, -0.1) is 0 Å². The number of likely N-dealkylation sites (N-methyl/N-ethyl adjacent to an activating group) is 1. The van der Waals surface area contributed by atoms with Crippen LogP contribution in [0.25, 0.3) is 0 Å². The van der Waals surface area contributed by atoms with Gasteiger partial charge in [-0.2, -0.15) is 0 Å². The highest BCUT2D eigenvalue weighted by molar-refractivity contribution is 7.52. The molecule has 0 heterocycles. The lowest BCUT2D eigenvalue weighted by atomic mass is 10.1. The van der Waals surface area contributed by atoms with Crippen molar-refractivity contribution in [3.8, 4) is 0 Å². The Hall–Kier alpha value is -0.500. The molecule has 0 aromatic heterocycles. The van der Waals surface area contributed by atoms with Crippen molar-refractivity contribution in [2.75, 3.05) is 53.3 Å². The third kappa shape index (κ3) is 24.4. The van der Waals surface area contributed by atoms with Crippen molar-refractivity contribution < 1.29 is 33.0 Å². The highest BCUT2D eigenvalue weighted by Gasteiger charge is 2.20. The van der Waals surface area contributed by atoms with E-state index in [0.29, 0.717) is 45.8 Å². The second kappa shape index (κ2) is 23.3. The molecule has 0 saturated carbocycles. The van der Waals surface area contributed by atoms with E-state index < -0.39 is 13.6 Å². The molecule has 33 heavy (non-hydrogen) atoms. The van der Waals surface area contributed by atoms with Crippen LogP contribution in [0.5, 0.6) is 0 Å². The Kier molecular flexibility index (Phi) is 22.9. The van der Waals surface area contributed by atoms with Crippen LogP contribution in [0.15, 0.2) is 0 Å². The molecule has 0 radical (unpaired) electrons. The number of hydrogen-bond donors (Lipinski definition) is 2. The Labute approximate surface area is 202 Å². The van der Waals surface area contributed by atoms with Crippen molar-refractivity contribution in [1.82, 2.24) is 5.32 Å². The lowest BCUT2D eigenvalue weighted by Gasteiger charge is -2.21. The lowest BCUT2D eigenvalue weighted by molar-refractivity contribution is -0.137. The van der Waals surface area contributed by atoms with E-state index in [1.165, 1.54) is 58.0 Å². The largest absolute Gasteiger partial charge is 0.481 e. The predicted octanol–water partition coefficient (Wildman–Crippen LogP) is 5.64. The van der Waals surface area contributed by atoms with E-state index >= 15 is 0 Å². The second-order valence-electron chi connectivity index (χ2n) is 8.60. The van der Waals surface area contributed by atoms with Crippen molar-refractivity contribution >= 4 is 13.6 Å². The van der Waals surface area contributed by atoms with Crippen molar-refractivity contribution in [3.63, 3.8) is 0 Å². The van der Waals surface area contributed by atoms with Crippen LogP contribution in [0.3, 0.4) is 0 Å². The van der Waals surface area contributed by atoms with Crippen LogP contribution in [0.2, 0.25) is 0 Å². The number of unbranched alkanes of at least 4 members (excludes halogenated alkanes) is 10. The van der Waals surface area contributed by atoms with Gasteiger partial charge >= 0.3 is 13.6 Å². The Morgan fingerprint density at radius 1 is 0.848 bits per heavy atom. The summed E-state index contributed by atoms with van der Waals surface area (Å²) in [6.45, 7) is 6.14. The molecular formula is C24H50NO7P. The van der Waals surface area contributed by atoms with Crippen molar-refractivity contribution in [1.29, 1.82) is 0 Å². The molecule has 2 N–H and O–H groups in total. The summed E-state index contributed by atoms with van der Waals surface area (Å²) >= 11 is 0. The maximum atomic E-state index is 12.4. The first-order valence-electron chi connectivity index (χ1n) is 12.8. The summed E-state index contributed by atoms with van der Waals surface area (Å²) in [5.74, 6) is -0.805. The third-order valence-electron chi connectivity index (χ3n) is 5.26. The zero-order valence-electron chi connectivity index (χ0n) is 21.4. The van der Waals surface area contributed by atoms with Gasteiger partial charge in [0, 0.05) is 32.8 Å². The minimum Gasteiger partial charge on any atom is -0.481 e. The van der Waals surface area contributed by atoms with Gasteiger partial charge in [-0.1, -0.05) is 64.7 Å². The zero-order valence-corrected chi connectivity index (χ0v) is 22.3. The van der Waals surface area contributed by atoms with Crippen LogP contribution in [-0.2, 0) is 27.9 Å². The molecule has 0 saturated heterocycles. The van der Waals surface area contributed by atoms with Gasteiger partial charge in [0.25, 0.3) is 0 Å². The predicted molar refractivity (Wildman–Crippen MR) is 133 cm³/mol. The number of carboxylic acid groups (broad SMARTS) is 1. The standard InChI is InChI=1S/C24H50NO7P/c1-4-5-6-7-8-9-10-11-12-14-18-29-21-23(30-19-15-13-16-24(26)27)22-32-33(3,28)31-20-17-25-2/h23,25H,4-22H2,1-3H3,(H,26,27). The minimum atomic E-state index is -3.16. The van der Waals surface area contributed by atoms with Gasteiger partial charge in [0.15, 0.2) is 0 Å². The number of hydrogen-bond acceptors (Lipinski definition) is 7. The zero-order chi connectivity index (χ0) is 24.6. The molecule has 0 aliphatic heterocycles. The lowest BCUT2D eigenvalue weighted by Crippen LogP contribution is -2.26. The Bertz CT molecular complexity index is 493. The van der Waals surface area contributed by atoms with Crippen molar-refractivity contribution in [2.45, 2.75) is 96.5 Å². The number of nitrogens with one attached hydrogen (secondary N) is 1. The molecular weight excluding hydrogens is 445 g/mol. The number of ether oxygens (including phenoxy) is 2. The molecule has 0 aliphatic rings. The Morgan fingerprint density at radius 2 is 1.45 bits per heavy atom. The van der Waals surface area contributed by atoms with Crippen LogP contribution in [0.1, 0.15) is 90.4 Å². The highest BCUT2D eigenvalue weighted by Crippen LogP contribution is 2.43. The van der Waals surface area contributed by atoms with E-state index in [1.54, 1.807) is 7.05 Å². The van der Waals surface area contributed by atoms with Crippen LogP contribution in [0.4, 0.5) is 0 Å². The molecule has 0 rings (SSSR count). The molecule has 198 valence electrons. The quantitative estimate of drug-likeness (QED) is 0.117. The maximum Gasteiger partial charge on any atom is 0.327 e. The fraction of sp³-hybridized carbons (Fsp3) is 0.958. The summed E-state index contributed by atoms with van der Waals surface area (Å²) in [7, 11) is -1.36. The van der Waals surface area contributed by atoms with E-state index in [4.69, 9.17) is 23.6 Å². The smallest absolute Gasteiger partial charge is 0.327 e. The molecule has 0 aromatic carbocycles. The summed E-state index contributed by atoms with van der Waals surface area (Å²) in [5.41, 5.74) is 0. The van der Waals surface area contributed by atoms with Gasteiger partial charge in [-0.05, 0) is 26.3 Å². The van der Waals surface area contributed by atoms with Crippen LogP contribution < -0.4 is 5.32 Å². The van der Waals surface area contributed by atoms with Crippen molar-refractivity contribution in [2.24, 2.45) is 0 Å². The van der Waals surface area contributed by atoms with Crippen LogP contribution >= 0.6 is 7.60 Å². The molecule has 0 bridgehead atoms. The van der Waals surface area contributed by atoms with E-state index in [1.807, 2.05) is 0 Å². The maximum absolute atomic E-state index is 12.4. The summed E-state index contributed by atoms with van der Waals surface area (Å²) in [6, 6.07) is 0. The average Bonchev–Trinajstić information content (AvgIpc) is 2.77. The summed E-state index contributed by atoms with van der Waals surface area (Å²) in [5, 5.41) is 11.7. The SMILES string of the molecule is CCCCCCCCCCCCOCC(COP(C)(=O)OCCNC)OCCCCC(=O)O. The monoisotopic (exact) mass is 495 g/mol. The second-order valence-corrected chi connectivity index (χ2v) is 10.7. The summed E-state index contributed by atoms with van der Waals surface area (Å²) in [6.07, 6.45) is 13.7. The summed E-state index contributed by atoms with van der Waals surface area (Å²) < 4.78 is 34.8. The van der Waals surface area contributed by atoms with Gasteiger partial charge < -0.3 is 28.9 Å². The highest BCUT2D eigenvalue weighted by atomic mass is 31.2. The van der Waals surface area contributed by atoms with Gasteiger partial charge in [0.2, 0.25) is 0 Å². The fourth-order valence-electron chi connectivity index (χ4n) is 3.25. The summed E-state index contributed by atoms with van der Waals surface area (Å²) in [4.78, 5) is 10.6. The Balaban J connectivity index is 4.04. The van der Waals surface area contributed by atoms with E-state index in [9.17, 15) is 9.36 Å². The number of carbonyl (C=O) groups is 1. The fourth-order valence-corrected chi connectivity index (χ4v) is 4.18. The minimum absolute atomic E-state index is 0.115. The molecule has 8 nitrogen and oxygen atoms in total. The molecule has 2 atom stereocenters. The first kappa shape index (κ1) is 32.5. The van der Waals surface area contributed by atoms with E-state index in [2.05, 4.69) is 12.2 Å². The molecule has 0 amide bonds. The van der Waals surface area contributed by atoms with Gasteiger partial charge in [-0.25, -0.2) is 0 Å². The van der Waals surface area contributed by atoms with E-state index in [-0.39, 0.29) is 19.1 Å². The average molecular weight is 496 g/mol. The number of carboxylic acids is 1. The molecule has 0 aliphatic carbocycles. The van der Waals surface area contributed by atoms with Crippen LogP contribution in [-0.4, -0.2) is 70.5 Å². The molecule has 0 fully saturated rings. The molecule has 0 aromatic rings. The first-order chi connectivity index (χ1) is 15.9. The van der Waals surface area contributed by atoms with Gasteiger partial charge in [0.1, 0.15) is 6.10 Å².